The Bertz CT molecular complexity index is 977. The number of nitrogens with zero attached hydrogens (tertiary/aromatic N) is 2. The number of benzene rings is 2. The maximum atomic E-state index is 10.8. The molecule has 0 fully saturated rings. The van der Waals surface area contributed by atoms with Crippen molar-refractivity contribution in [1.82, 2.24) is 9.38 Å². The zero-order valence-electron chi connectivity index (χ0n) is 11.6. The number of aliphatic hydroxyl groups excluding tert-OH is 1. The lowest BCUT2D eigenvalue weighted by Crippen LogP contribution is -2.03. The van der Waals surface area contributed by atoms with Crippen molar-refractivity contribution >= 4 is 32.3 Å². The summed E-state index contributed by atoms with van der Waals surface area (Å²) in [5.41, 5.74) is 2.44. The number of fused-ring (bicyclic) bond motifs is 2. The van der Waals surface area contributed by atoms with Crippen molar-refractivity contribution in [3.05, 3.63) is 82.7 Å². The van der Waals surface area contributed by atoms with Gasteiger partial charge in [-0.05, 0) is 50.5 Å². The summed E-state index contributed by atoms with van der Waals surface area (Å²) in [6, 6.07) is 18.0. The van der Waals surface area contributed by atoms with Crippen LogP contribution in [0.3, 0.4) is 0 Å². The second-order valence-corrected chi connectivity index (χ2v) is 6.18. The number of aromatic nitrogens is 2. The monoisotopic (exact) mass is 352 g/mol. The van der Waals surface area contributed by atoms with E-state index in [-0.39, 0.29) is 0 Å². The fraction of sp³-hybridized carbons (Fsp3) is 0.0556. The summed E-state index contributed by atoms with van der Waals surface area (Å²) in [6.45, 7) is 0. The van der Waals surface area contributed by atoms with Crippen molar-refractivity contribution in [2.24, 2.45) is 0 Å². The minimum absolute atomic E-state index is 0.714. The van der Waals surface area contributed by atoms with Crippen LogP contribution in [0.2, 0.25) is 0 Å². The van der Waals surface area contributed by atoms with E-state index in [1.54, 1.807) is 6.20 Å². The van der Waals surface area contributed by atoms with Gasteiger partial charge in [0.05, 0.1) is 11.9 Å². The lowest BCUT2D eigenvalue weighted by atomic mass is 10.0. The lowest BCUT2D eigenvalue weighted by Gasteiger charge is -2.12. The molecule has 2 aromatic carbocycles. The van der Waals surface area contributed by atoms with E-state index in [0.717, 1.165) is 26.8 Å². The number of pyridine rings is 1. The highest BCUT2D eigenvalue weighted by molar-refractivity contribution is 9.10. The number of imidazole rings is 1. The van der Waals surface area contributed by atoms with Crippen molar-refractivity contribution in [3.8, 4) is 0 Å². The largest absolute Gasteiger partial charge is 0.382 e. The molecule has 22 heavy (non-hydrogen) atoms. The average Bonchev–Trinajstić information content (AvgIpc) is 2.96. The predicted octanol–water partition coefficient (Wildman–Crippen LogP) is 4.33. The molecule has 2 aromatic heterocycles. The van der Waals surface area contributed by atoms with E-state index < -0.39 is 6.10 Å². The van der Waals surface area contributed by atoms with E-state index in [0.29, 0.717) is 0 Å². The van der Waals surface area contributed by atoms with Crippen LogP contribution in [0.25, 0.3) is 16.4 Å². The number of hydrogen-bond acceptors (Lipinski definition) is 2. The molecule has 0 saturated heterocycles. The highest BCUT2D eigenvalue weighted by atomic mass is 79.9. The molecule has 0 amide bonds. The molecule has 4 aromatic rings. The van der Waals surface area contributed by atoms with Gasteiger partial charge in [-0.15, -0.1) is 0 Å². The Morgan fingerprint density at radius 1 is 1.00 bits per heavy atom. The van der Waals surface area contributed by atoms with Gasteiger partial charge in [0.2, 0.25) is 0 Å². The van der Waals surface area contributed by atoms with Crippen molar-refractivity contribution in [1.29, 1.82) is 0 Å². The van der Waals surface area contributed by atoms with Crippen LogP contribution in [0, 0.1) is 0 Å². The Morgan fingerprint density at radius 2 is 1.82 bits per heavy atom. The van der Waals surface area contributed by atoms with Crippen LogP contribution in [-0.2, 0) is 0 Å². The van der Waals surface area contributed by atoms with Gasteiger partial charge < -0.3 is 5.11 Å². The third-order valence-electron chi connectivity index (χ3n) is 3.87. The quantitative estimate of drug-likeness (QED) is 0.582. The maximum absolute atomic E-state index is 10.8. The van der Waals surface area contributed by atoms with Gasteiger partial charge in [0, 0.05) is 10.7 Å². The summed E-state index contributed by atoms with van der Waals surface area (Å²) in [4.78, 5) is 4.35. The SMILES string of the molecule is OC(c1ccc2ccccc2c1)c1cnc2ccc(Br)cn12. The molecule has 4 heteroatoms. The smallest absolute Gasteiger partial charge is 0.137 e. The molecule has 3 nitrogen and oxygen atoms in total. The molecular weight excluding hydrogens is 340 g/mol. The molecule has 4 rings (SSSR count). The van der Waals surface area contributed by atoms with Crippen LogP contribution in [0.1, 0.15) is 17.4 Å². The first-order valence-electron chi connectivity index (χ1n) is 7.02. The van der Waals surface area contributed by atoms with Gasteiger partial charge in [0.25, 0.3) is 0 Å². The first-order valence-corrected chi connectivity index (χ1v) is 7.81. The first-order chi connectivity index (χ1) is 10.7. The van der Waals surface area contributed by atoms with Gasteiger partial charge in [0.15, 0.2) is 0 Å². The lowest BCUT2D eigenvalue weighted by molar-refractivity contribution is 0.214. The maximum Gasteiger partial charge on any atom is 0.137 e. The molecular formula is C18H13BrN2O. The predicted molar refractivity (Wildman–Crippen MR) is 90.9 cm³/mol. The summed E-state index contributed by atoms with van der Waals surface area (Å²) in [6.07, 6.45) is 2.93. The van der Waals surface area contributed by atoms with Crippen molar-refractivity contribution in [2.45, 2.75) is 6.10 Å². The summed E-state index contributed by atoms with van der Waals surface area (Å²) in [5, 5.41) is 13.0. The van der Waals surface area contributed by atoms with E-state index in [1.807, 2.05) is 53.1 Å². The standard InChI is InChI=1S/C18H13BrN2O/c19-15-7-8-17-20-10-16(21(17)11-15)18(22)14-6-5-12-3-1-2-4-13(12)9-14/h1-11,18,22H. The highest BCUT2D eigenvalue weighted by Crippen LogP contribution is 2.26. The second-order valence-electron chi connectivity index (χ2n) is 5.27. The average molecular weight is 353 g/mol. The van der Waals surface area contributed by atoms with Gasteiger partial charge in [0.1, 0.15) is 11.8 Å². The Morgan fingerprint density at radius 3 is 2.68 bits per heavy atom. The van der Waals surface area contributed by atoms with Gasteiger partial charge in [-0.2, -0.15) is 0 Å². The Kier molecular flexibility index (Phi) is 3.21. The third kappa shape index (κ3) is 2.21. The van der Waals surface area contributed by atoms with Crippen molar-refractivity contribution in [2.75, 3.05) is 0 Å². The minimum atomic E-state index is -0.714. The zero-order valence-corrected chi connectivity index (χ0v) is 13.2. The van der Waals surface area contributed by atoms with Crippen molar-refractivity contribution < 1.29 is 5.11 Å². The fourth-order valence-corrected chi connectivity index (χ4v) is 3.06. The van der Waals surface area contributed by atoms with Crippen LogP contribution >= 0.6 is 15.9 Å². The zero-order chi connectivity index (χ0) is 15.1. The van der Waals surface area contributed by atoms with Crippen LogP contribution in [0.15, 0.2) is 71.5 Å². The molecule has 0 bridgehead atoms. The van der Waals surface area contributed by atoms with Crippen LogP contribution in [0.5, 0.6) is 0 Å². The summed E-state index contributed by atoms with van der Waals surface area (Å²) in [7, 11) is 0. The number of aliphatic hydroxyl groups is 1. The Balaban J connectivity index is 1.84. The molecule has 0 aliphatic carbocycles. The van der Waals surface area contributed by atoms with Crippen LogP contribution < -0.4 is 0 Å². The number of rotatable bonds is 2. The first kappa shape index (κ1) is 13.5. The summed E-state index contributed by atoms with van der Waals surface area (Å²) < 4.78 is 2.86. The highest BCUT2D eigenvalue weighted by Gasteiger charge is 2.15. The molecule has 0 aliphatic rings. The van der Waals surface area contributed by atoms with Gasteiger partial charge in [-0.1, -0.05) is 36.4 Å². The minimum Gasteiger partial charge on any atom is -0.382 e. The normalized spacial score (nSPS) is 12.8. The van der Waals surface area contributed by atoms with E-state index in [9.17, 15) is 5.11 Å². The van der Waals surface area contributed by atoms with E-state index >= 15 is 0 Å². The van der Waals surface area contributed by atoms with E-state index in [1.165, 1.54) is 5.39 Å². The third-order valence-corrected chi connectivity index (χ3v) is 4.34. The fourth-order valence-electron chi connectivity index (χ4n) is 2.72. The Hall–Kier alpha value is -2.17. The van der Waals surface area contributed by atoms with Crippen LogP contribution in [0.4, 0.5) is 0 Å². The topological polar surface area (TPSA) is 37.5 Å². The number of halogens is 1. The van der Waals surface area contributed by atoms with Gasteiger partial charge in [-0.25, -0.2) is 4.98 Å². The molecule has 0 saturated carbocycles. The molecule has 2 heterocycles. The van der Waals surface area contributed by atoms with E-state index in [2.05, 4.69) is 33.0 Å². The second kappa shape index (κ2) is 5.23. The van der Waals surface area contributed by atoms with Gasteiger partial charge >= 0.3 is 0 Å². The summed E-state index contributed by atoms with van der Waals surface area (Å²) >= 11 is 3.46. The molecule has 108 valence electrons. The molecule has 0 radical (unpaired) electrons. The van der Waals surface area contributed by atoms with E-state index in [4.69, 9.17) is 0 Å². The number of hydrogen-bond donors (Lipinski definition) is 1. The Labute approximate surface area is 136 Å². The van der Waals surface area contributed by atoms with Gasteiger partial charge in [-0.3, -0.25) is 4.40 Å². The molecule has 1 N–H and O–H groups in total. The van der Waals surface area contributed by atoms with Crippen LogP contribution in [-0.4, -0.2) is 14.5 Å². The molecule has 0 aliphatic heterocycles. The molecule has 0 spiro atoms. The van der Waals surface area contributed by atoms with Crippen molar-refractivity contribution in [3.63, 3.8) is 0 Å². The molecule has 1 unspecified atom stereocenters. The summed E-state index contributed by atoms with van der Waals surface area (Å²) in [5.74, 6) is 0. The molecule has 1 atom stereocenters.